The second-order valence-corrected chi connectivity index (χ2v) is 13.4. The van der Waals surface area contributed by atoms with Crippen molar-refractivity contribution in [3.05, 3.63) is 222 Å². The lowest BCUT2D eigenvalue weighted by atomic mass is 9.71. The van der Waals surface area contributed by atoms with Crippen LogP contribution < -0.4 is 4.90 Å². The van der Waals surface area contributed by atoms with Crippen LogP contribution in [-0.4, -0.2) is 0 Å². The number of allylic oxidation sites excluding steroid dienone is 4. The summed E-state index contributed by atoms with van der Waals surface area (Å²) in [5, 5.41) is 0. The van der Waals surface area contributed by atoms with E-state index >= 15 is 0 Å². The first-order chi connectivity index (χ1) is 25.8. The van der Waals surface area contributed by atoms with Gasteiger partial charge in [0.05, 0.1) is 5.69 Å². The summed E-state index contributed by atoms with van der Waals surface area (Å²) in [6.07, 6.45) is 9.07. The van der Waals surface area contributed by atoms with E-state index in [0.717, 1.165) is 35.5 Å². The zero-order valence-electron chi connectivity index (χ0n) is 28.9. The third-order valence-electron chi connectivity index (χ3n) is 10.3. The van der Waals surface area contributed by atoms with E-state index in [1.54, 1.807) is 0 Å². The SMILES string of the molecule is C(#CC1(C2=CCCC=C2)c2ccccc2-c2ccc(N(c3ccc(-c4ccccc4)cc3)c3ccccc3-c3ccccc3)cc21)c1ccccc1. The van der Waals surface area contributed by atoms with Crippen molar-refractivity contribution in [1.29, 1.82) is 0 Å². The third-order valence-corrected chi connectivity index (χ3v) is 10.3. The lowest BCUT2D eigenvalue weighted by Crippen LogP contribution is -2.26. The van der Waals surface area contributed by atoms with E-state index in [1.165, 1.54) is 50.1 Å². The maximum Gasteiger partial charge on any atom is 0.107 e. The Morgan fingerprint density at radius 1 is 0.462 bits per heavy atom. The molecule has 0 bridgehead atoms. The molecule has 246 valence electrons. The zero-order chi connectivity index (χ0) is 34.7. The minimum absolute atomic E-state index is 0.628. The second-order valence-electron chi connectivity index (χ2n) is 13.4. The highest BCUT2D eigenvalue weighted by Crippen LogP contribution is 2.55. The molecule has 0 heterocycles. The summed E-state index contributed by atoms with van der Waals surface area (Å²) in [6, 6.07) is 65.3. The number of hydrogen-bond donors (Lipinski definition) is 0. The van der Waals surface area contributed by atoms with E-state index in [4.69, 9.17) is 0 Å². The first kappa shape index (κ1) is 31.4. The Hall–Kier alpha value is -6.62. The van der Waals surface area contributed by atoms with Crippen LogP contribution >= 0.6 is 0 Å². The lowest BCUT2D eigenvalue weighted by molar-refractivity contribution is 0.811. The fourth-order valence-electron chi connectivity index (χ4n) is 7.89. The zero-order valence-corrected chi connectivity index (χ0v) is 28.9. The van der Waals surface area contributed by atoms with Gasteiger partial charge in [0.25, 0.3) is 0 Å². The van der Waals surface area contributed by atoms with Crippen molar-refractivity contribution in [3.8, 4) is 45.2 Å². The summed E-state index contributed by atoms with van der Waals surface area (Å²) in [7, 11) is 0. The van der Waals surface area contributed by atoms with Crippen LogP contribution in [0.3, 0.4) is 0 Å². The Labute approximate surface area is 306 Å². The fraction of sp³-hybridized carbons (Fsp3) is 0.0588. The molecule has 52 heavy (non-hydrogen) atoms. The number of hydrogen-bond acceptors (Lipinski definition) is 1. The standard InChI is InChI=1S/C51H37N/c1-5-17-38(18-6-1)35-36-51(42-23-11-4-12-24-42)48-27-15-13-26-46(48)47-34-33-44(37-49(47)51)52(43-31-29-40(30-32-43)39-19-7-2-8-20-39)50-28-16-14-25-45(50)41-21-9-3-10-22-41/h1-3,5-11,13-34,37H,4,12H2. The molecule has 7 aromatic rings. The van der Waals surface area contributed by atoms with Crippen LogP contribution in [0.15, 0.2) is 206 Å². The molecule has 1 nitrogen and oxygen atoms in total. The van der Waals surface area contributed by atoms with Crippen molar-refractivity contribution < 1.29 is 0 Å². The van der Waals surface area contributed by atoms with Gasteiger partial charge in [0, 0.05) is 22.5 Å². The Bertz CT molecular complexity index is 2500. The quantitative estimate of drug-likeness (QED) is 0.160. The van der Waals surface area contributed by atoms with E-state index in [-0.39, 0.29) is 0 Å². The summed E-state index contributed by atoms with van der Waals surface area (Å²) in [5.41, 5.74) is 14.6. The van der Waals surface area contributed by atoms with Crippen molar-refractivity contribution in [3.63, 3.8) is 0 Å². The van der Waals surface area contributed by atoms with Gasteiger partial charge in [0.15, 0.2) is 0 Å². The minimum Gasteiger partial charge on any atom is -0.310 e. The molecule has 0 saturated carbocycles. The largest absolute Gasteiger partial charge is 0.310 e. The highest BCUT2D eigenvalue weighted by atomic mass is 15.1. The van der Waals surface area contributed by atoms with Gasteiger partial charge in [-0.15, -0.1) is 0 Å². The molecule has 2 aliphatic carbocycles. The Balaban J connectivity index is 1.28. The summed E-state index contributed by atoms with van der Waals surface area (Å²) in [6.45, 7) is 0. The van der Waals surface area contributed by atoms with E-state index in [2.05, 4.69) is 211 Å². The molecule has 9 rings (SSSR count). The van der Waals surface area contributed by atoms with Gasteiger partial charge >= 0.3 is 0 Å². The van der Waals surface area contributed by atoms with E-state index < -0.39 is 5.41 Å². The molecule has 0 saturated heterocycles. The van der Waals surface area contributed by atoms with Crippen molar-refractivity contribution in [2.75, 3.05) is 4.90 Å². The Morgan fingerprint density at radius 3 is 1.79 bits per heavy atom. The number of benzene rings is 7. The number of nitrogens with zero attached hydrogens (tertiary/aromatic N) is 1. The molecular formula is C51H37N. The molecule has 0 spiro atoms. The van der Waals surface area contributed by atoms with Gasteiger partial charge in [-0.2, -0.15) is 0 Å². The number of fused-ring (bicyclic) bond motifs is 3. The third kappa shape index (κ3) is 5.56. The predicted molar refractivity (Wildman–Crippen MR) is 218 cm³/mol. The smallest absolute Gasteiger partial charge is 0.107 e. The summed E-state index contributed by atoms with van der Waals surface area (Å²) < 4.78 is 0. The summed E-state index contributed by atoms with van der Waals surface area (Å²) in [4.78, 5) is 2.42. The maximum absolute atomic E-state index is 3.91. The van der Waals surface area contributed by atoms with Gasteiger partial charge in [-0.25, -0.2) is 0 Å². The van der Waals surface area contributed by atoms with Gasteiger partial charge in [0.1, 0.15) is 5.41 Å². The van der Waals surface area contributed by atoms with Crippen molar-refractivity contribution >= 4 is 17.1 Å². The molecule has 2 aliphatic rings. The summed E-state index contributed by atoms with van der Waals surface area (Å²) >= 11 is 0. The minimum atomic E-state index is -0.628. The molecule has 0 N–H and O–H groups in total. The maximum atomic E-state index is 3.91. The van der Waals surface area contributed by atoms with Gasteiger partial charge in [-0.3, -0.25) is 0 Å². The number of anilines is 3. The predicted octanol–water partition coefficient (Wildman–Crippen LogP) is 13.1. The Kier molecular flexibility index (Phi) is 8.20. The molecule has 1 heteroatoms. The van der Waals surface area contributed by atoms with E-state index in [9.17, 15) is 0 Å². The van der Waals surface area contributed by atoms with Crippen molar-refractivity contribution in [2.24, 2.45) is 0 Å². The Morgan fingerprint density at radius 2 is 1.06 bits per heavy atom. The monoisotopic (exact) mass is 663 g/mol. The van der Waals surface area contributed by atoms with E-state index in [0.29, 0.717) is 0 Å². The van der Waals surface area contributed by atoms with Crippen molar-refractivity contribution in [1.82, 2.24) is 0 Å². The summed E-state index contributed by atoms with van der Waals surface area (Å²) in [5.74, 6) is 7.55. The average molecular weight is 664 g/mol. The fourth-order valence-corrected chi connectivity index (χ4v) is 7.89. The molecular weight excluding hydrogens is 627 g/mol. The van der Waals surface area contributed by atoms with Gasteiger partial charge < -0.3 is 4.90 Å². The van der Waals surface area contributed by atoms with Crippen molar-refractivity contribution in [2.45, 2.75) is 18.3 Å². The van der Waals surface area contributed by atoms with E-state index in [1.807, 2.05) is 6.07 Å². The lowest BCUT2D eigenvalue weighted by Gasteiger charge is -2.32. The molecule has 0 aliphatic heterocycles. The van der Waals surface area contributed by atoms with Crippen LogP contribution in [0.5, 0.6) is 0 Å². The van der Waals surface area contributed by atoms with Crippen LogP contribution in [0.1, 0.15) is 29.5 Å². The van der Waals surface area contributed by atoms with Crippen LogP contribution in [0, 0.1) is 11.8 Å². The number of rotatable bonds is 6. The van der Waals surface area contributed by atoms with Crippen LogP contribution in [0.4, 0.5) is 17.1 Å². The van der Waals surface area contributed by atoms with Gasteiger partial charge in [-0.1, -0.05) is 170 Å². The van der Waals surface area contributed by atoms with Crippen LogP contribution in [-0.2, 0) is 5.41 Å². The van der Waals surface area contributed by atoms with Gasteiger partial charge in [0.2, 0.25) is 0 Å². The molecule has 7 aromatic carbocycles. The molecule has 1 atom stereocenters. The highest BCUT2D eigenvalue weighted by Gasteiger charge is 2.45. The molecule has 0 fully saturated rings. The molecule has 0 aromatic heterocycles. The van der Waals surface area contributed by atoms with Gasteiger partial charge in [-0.05, 0) is 99.8 Å². The average Bonchev–Trinajstić information content (AvgIpc) is 3.51. The highest BCUT2D eigenvalue weighted by molar-refractivity contribution is 5.92. The first-order valence-electron chi connectivity index (χ1n) is 18.1. The molecule has 0 amide bonds. The first-order valence-corrected chi connectivity index (χ1v) is 18.1. The topological polar surface area (TPSA) is 3.24 Å². The molecule has 0 radical (unpaired) electrons. The van der Waals surface area contributed by atoms with Crippen LogP contribution in [0.25, 0.3) is 33.4 Å². The molecule has 1 unspecified atom stereocenters. The normalized spacial score (nSPS) is 15.5. The second kappa shape index (κ2) is 13.6. The van der Waals surface area contributed by atoms with Crippen LogP contribution in [0.2, 0.25) is 0 Å². The number of para-hydroxylation sites is 1.